The molecule has 1 aromatic heterocycles. The van der Waals surface area contributed by atoms with Crippen molar-refractivity contribution in [3.8, 4) is 5.75 Å². The molecule has 8 heteroatoms. The van der Waals surface area contributed by atoms with Gasteiger partial charge in [0.2, 0.25) is 0 Å². The van der Waals surface area contributed by atoms with E-state index in [1.165, 1.54) is 12.8 Å². The van der Waals surface area contributed by atoms with Gasteiger partial charge in [-0.3, -0.25) is 4.79 Å². The summed E-state index contributed by atoms with van der Waals surface area (Å²) in [7, 11) is 0. The summed E-state index contributed by atoms with van der Waals surface area (Å²) in [6.07, 6.45) is 5.18. The molecule has 6 nitrogen and oxygen atoms in total. The number of nitrogens with one attached hydrogen (secondary N) is 1. The second kappa shape index (κ2) is 8.54. The van der Waals surface area contributed by atoms with Gasteiger partial charge in [-0.15, -0.1) is 10.2 Å². The standard InChI is InChI=1S/C17H20Cl2N4O2/c18-12-5-6-14(13(19)10-12)25-11-17(24)20-8-7-16-22-21-15-4-2-1-3-9-23(15)16/h5-6,10H,1-4,7-9,11H2,(H,20,24). The van der Waals surface area contributed by atoms with Crippen molar-refractivity contribution in [2.24, 2.45) is 0 Å². The fourth-order valence-electron chi connectivity index (χ4n) is 2.83. The highest BCUT2D eigenvalue weighted by molar-refractivity contribution is 6.35. The number of aromatic nitrogens is 3. The Morgan fingerprint density at radius 2 is 2.12 bits per heavy atom. The first-order valence-corrected chi connectivity index (χ1v) is 9.14. The van der Waals surface area contributed by atoms with Crippen molar-refractivity contribution in [3.05, 3.63) is 39.9 Å². The largest absolute Gasteiger partial charge is 0.482 e. The molecule has 0 unspecified atom stereocenters. The molecular weight excluding hydrogens is 363 g/mol. The van der Waals surface area contributed by atoms with Gasteiger partial charge in [-0.05, 0) is 31.0 Å². The van der Waals surface area contributed by atoms with E-state index in [0.29, 0.717) is 28.8 Å². The lowest BCUT2D eigenvalue weighted by Gasteiger charge is -2.10. The number of ether oxygens (including phenoxy) is 1. The van der Waals surface area contributed by atoms with Crippen LogP contribution in [0.2, 0.25) is 10.0 Å². The zero-order valence-electron chi connectivity index (χ0n) is 13.8. The van der Waals surface area contributed by atoms with E-state index in [4.69, 9.17) is 27.9 Å². The van der Waals surface area contributed by atoms with Crippen LogP contribution in [-0.4, -0.2) is 33.8 Å². The molecule has 2 heterocycles. The molecule has 2 aromatic rings. The highest BCUT2D eigenvalue weighted by Gasteiger charge is 2.14. The van der Waals surface area contributed by atoms with Crippen LogP contribution in [0.3, 0.4) is 0 Å². The number of halogens is 2. The molecule has 1 amide bonds. The quantitative estimate of drug-likeness (QED) is 0.833. The molecule has 1 aliphatic rings. The zero-order valence-corrected chi connectivity index (χ0v) is 15.3. The summed E-state index contributed by atoms with van der Waals surface area (Å²) < 4.78 is 7.60. The molecule has 0 atom stereocenters. The topological polar surface area (TPSA) is 69.0 Å². The number of nitrogens with zero attached hydrogens (tertiary/aromatic N) is 3. The van der Waals surface area contributed by atoms with Gasteiger partial charge in [0.15, 0.2) is 6.61 Å². The third-order valence-corrected chi connectivity index (χ3v) is 4.64. The van der Waals surface area contributed by atoms with E-state index in [9.17, 15) is 4.79 Å². The van der Waals surface area contributed by atoms with Crippen LogP contribution in [-0.2, 0) is 24.2 Å². The van der Waals surface area contributed by atoms with Gasteiger partial charge in [0, 0.05) is 31.0 Å². The molecule has 3 rings (SSSR count). The summed E-state index contributed by atoms with van der Waals surface area (Å²) in [6.45, 7) is 1.36. The van der Waals surface area contributed by atoms with Gasteiger partial charge in [0.1, 0.15) is 17.4 Å². The number of carbonyl (C=O) groups is 1. The van der Waals surface area contributed by atoms with E-state index in [1.54, 1.807) is 18.2 Å². The van der Waals surface area contributed by atoms with Crippen molar-refractivity contribution < 1.29 is 9.53 Å². The van der Waals surface area contributed by atoms with Crippen LogP contribution in [0.1, 0.15) is 30.9 Å². The van der Waals surface area contributed by atoms with E-state index in [2.05, 4.69) is 20.1 Å². The van der Waals surface area contributed by atoms with E-state index in [-0.39, 0.29) is 12.5 Å². The lowest BCUT2D eigenvalue weighted by atomic mass is 10.2. The minimum atomic E-state index is -0.207. The minimum Gasteiger partial charge on any atom is -0.482 e. The summed E-state index contributed by atoms with van der Waals surface area (Å²) in [5.74, 6) is 2.21. The van der Waals surface area contributed by atoms with E-state index in [0.717, 1.165) is 31.0 Å². The Bertz CT molecular complexity index is 748. The van der Waals surface area contributed by atoms with Crippen molar-refractivity contribution in [2.45, 2.75) is 38.6 Å². The molecule has 0 aliphatic carbocycles. The number of carbonyl (C=O) groups excluding carboxylic acids is 1. The Labute approximate surface area is 156 Å². The predicted molar refractivity (Wildman–Crippen MR) is 96.2 cm³/mol. The van der Waals surface area contributed by atoms with Crippen molar-refractivity contribution in [2.75, 3.05) is 13.2 Å². The van der Waals surface area contributed by atoms with Gasteiger partial charge in [-0.1, -0.05) is 29.6 Å². The number of benzene rings is 1. The SMILES string of the molecule is O=C(COc1ccc(Cl)cc1Cl)NCCc1nnc2n1CCCCC2. The molecule has 0 fully saturated rings. The van der Waals surface area contributed by atoms with E-state index in [1.807, 2.05) is 0 Å². The monoisotopic (exact) mass is 382 g/mol. The van der Waals surface area contributed by atoms with E-state index >= 15 is 0 Å². The van der Waals surface area contributed by atoms with Crippen molar-refractivity contribution >= 4 is 29.1 Å². The predicted octanol–water partition coefficient (Wildman–Crippen LogP) is 3.05. The molecule has 0 saturated heterocycles. The molecule has 25 heavy (non-hydrogen) atoms. The highest BCUT2D eigenvalue weighted by Crippen LogP contribution is 2.27. The Balaban J connectivity index is 1.44. The van der Waals surface area contributed by atoms with Crippen molar-refractivity contribution in [1.29, 1.82) is 0 Å². The molecule has 0 radical (unpaired) electrons. The van der Waals surface area contributed by atoms with Crippen LogP contribution in [0.25, 0.3) is 0 Å². The van der Waals surface area contributed by atoms with Gasteiger partial charge in [-0.2, -0.15) is 0 Å². The highest BCUT2D eigenvalue weighted by atomic mass is 35.5. The number of fused-ring (bicyclic) bond motifs is 1. The third-order valence-electron chi connectivity index (χ3n) is 4.11. The van der Waals surface area contributed by atoms with Gasteiger partial charge >= 0.3 is 0 Å². The lowest BCUT2D eigenvalue weighted by Crippen LogP contribution is -2.31. The molecule has 134 valence electrons. The summed E-state index contributed by atoms with van der Waals surface area (Å²) >= 11 is 11.8. The first-order chi connectivity index (χ1) is 12.1. The number of hydrogen-bond acceptors (Lipinski definition) is 4. The lowest BCUT2D eigenvalue weighted by molar-refractivity contribution is -0.123. The van der Waals surface area contributed by atoms with Crippen LogP contribution in [0.5, 0.6) is 5.75 Å². The van der Waals surface area contributed by atoms with Crippen LogP contribution < -0.4 is 10.1 Å². The van der Waals surface area contributed by atoms with Gasteiger partial charge in [0.25, 0.3) is 5.91 Å². The molecule has 1 N–H and O–H groups in total. The zero-order chi connectivity index (χ0) is 17.6. The maximum absolute atomic E-state index is 11.9. The second-order valence-corrected chi connectivity index (χ2v) is 6.80. The minimum absolute atomic E-state index is 0.0979. The summed E-state index contributed by atoms with van der Waals surface area (Å²) in [5.41, 5.74) is 0. The summed E-state index contributed by atoms with van der Waals surface area (Å²) in [6, 6.07) is 4.88. The molecule has 0 saturated carbocycles. The molecule has 1 aliphatic heterocycles. The van der Waals surface area contributed by atoms with Crippen LogP contribution in [0, 0.1) is 0 Å². The summed E-state index contributed by atoms with van der Waals surface area (Å²) in [4.78, 5) is 11.9. The van der Waals surface area contributed by atoms with Crippen LogP contribution in [0.15, 0.2) is 18.2 Å². The van der Waals surface area contributed by atoms with Crippen molar-refractivity contribution in [3.63, 3.8) is 0 Å². The average Bonchev–Trinajstić information content (AvgIpc) is 2.81. The Kier molecular flexibility index (Phi) is 6.15. The normalized spacial score (nSPS) is 13.8. The van der Waals surface area contributed by atoms with Crippen LogP contribution >= 0.6 is 23.2 Å². The van der Waals surface area contributed by atoms with Crippen molar-refractivity contribution in [1.82, 2.24) is 20.1 Å². The Hall–Kier alpha value is -1.79. The fourth-order valence-corrected chi connectivity index (χ4v) is 3.29. The number of aryl methyl sites for hydroxylation is 1. The maximum atomic E-state index is 11.9. The number of rotatable bonds is 6. The Morgan fingerprint density at radius 1 is 1.24 bits per heavy atom. The molecule has 0 bridgehead atoms. The average molecular weight is 383 g/mol. The number of amides is 1. The van der Waals surface area contributed by atoms with Crippen LogP contribution in [0.4, 0.5) is 0 Å². The Morgan fingerprint density at radius 3 is 2.96 bits per heavy atom. The molecule has 1 aromatic carbocycles. The van der Waals surface area contributed by atoms with Gasteiger partial charge in [-0.25, -0.2) is 0 Å². The summed E-state index contributed by atoms with van der Waals surface area (Å²) in [5, 5.41) is 12.2. The number of hydrogen-bond donors (Lipinski definition) is 1. The maximum Gasteiger partial charge on any atom is 0.257 e. The van der Waals surface area contributed by atoms with Gasteiger partial charge in [0.05, 0.1) is 5.02 Å². The molecular formula is C17H20Cl2N4O2. The molecule has 0 spiro atoms. The second-order valence-electron chi connectivity index (χ2n) is 5.96. The first kappa shape index (κ1) is 18.0. The fraction of sp³-hybridized carbons (Fsp3) is 0.471. The first-order valence-electron chi connectivity index (χ1n) is 8.39. The van der Waals surface area contributed by atoms with Gasteiger partial charge < -0.3 is 14.6 Å². The third kappa shape index (κ3) is 4.86. The van der Waals surface area contributed by atoms with E-state index < -0.39 is 0 Å². The smallest absolute Gasteiger partial charge is 0.257 e.